The van der Waals surface area contributed by atoms with Crippen LogP contribution < -0.4 is 4.74 Å². The summed E-state index contributed by atoms with van der Waals surface area (Å²) in [4.78, 5) is 3.73. The van der Waals surface area contributed by atoms with E-state index < -0.39 is 0 Å². The van der Waals surface area contributed by atoms with Crippen molar-refractivity contribution < 1.29 is 20.0 Å². The fraction of sp³-hybridized carbons (Fsp3) is 0.250. The van der Waals surface area contributed by atoms with Crippen LogP contribution in [0.2, 0.25) is 0 Å². The van der Waals surface area contributed by atoms with Crippen LogP contribution in [-0.4, -0.2) is 17.2 Å². The van der Waals surface area contributed by atoms with Crippen molar-refractivity contribution in [2.45, 2.75) is 6.61 Å². The predicted octanol–water partition coefficient (Wildman–Crippen LogP) is 1.00. The molecule has 0 spiro atoms. The molecule has 0 saturated carbocycles. The molecule has 0 saturated heterocycles. The lowest BCUT2D eigenvalue weighted by Gasteiger charge is -2.03. The van der Waals surface area contributed by atoms with Gasteiger partial charge in [0, 0.05) is 0 Å². The quantitative estimate of drug-likeness (QED) is 0.402. The zero-order valence-electron chi connectivity index (χ0n) is 6.43. The molecule has 0 heterocycles. The molecule has 2 N–H and O–H groups in total. The average molecular weight is 170 g/mol. The molecule has 0 aliphatic heterocycles. The molecule has 1 aromatic carbocycles. The molecule has 0 aliphatic carbocycles. The lowest BCUT2D eigenvalue weighted by molar-refractivity contribution is -0.278. The first kappa shape index (κ1) is 8.99. The van der Waals surface area contributed by atoms with Crippen LogP contribution in [0.4, 0.5) is 0 Å². The largest absolute Gasteiger partial charge is 0.465 e. The average Bonchev–Trinajstić information content (AvgIpc) is 2.15. The van der Waals surface area contributed by atoms with Gasteiger partial charge in [-0.05, 0) is 17.7 Å². The van der Waals surface area contributed by atoms with Gasteiger partial charge in [0.05, 0.1) is 6.61 Å². The zero-order chi connectivity index (χ0) is 8.81. The maximum absolute atomic E-state index is 8.70. The minimum atomic E-state index is -0.196. The van der Waals surface area contributed by atoms with Gasteiger partial charge in [-0.15, -0.1) is 0 Å². The minimum Gasteiger partial charge on any atom is -0.465 e. The highest BCUT2D eigenvalue weighted by Crippen LogP contribution is 2.11. The van der Waals surface area contributed by atoms with E-state index in [-0.39, 0.29) is 13.4 Å². The Labute approximate surface area is 69.9 Å². The van der Waals surface area contributed by atoms with Gasteiger partial charge in [0.1, 0.15) is 5.75 Å². The van der Waals surface area contributed by atoms with E-state index in [2.05, 4.69) is 4.89 Å². The molecule has 1 rings (SSSR count). The number of aliphatic hydroxyl groups excluding tert-OH is 1. The van der Waals surface area contributed by atoms with Crippen LogP contribution in [0.5, 0.6) is 5.75 Å². The van der Waals surface area contributed by atoms with Crippen molar-refractivity contribution >= 4 is 0 Å². The Morgan fingerprint density at radius 1 is 1.17 bits per heavy atom. The number of ether oxygens (including phenoxy) is 1. The fourth-order valence-corrected chi connectivity index (χ4v) is 0.785. The van der Waals surface area contributed by atoms with Crippen molar-refractivity contribution in [1.82, 2.24) is 0 Å². The highest BCUT2D eigenvalue weighted by molar-refractivity contribution is 5.26. The van der Waals surface area contributed by atoms with Crippen molar-refractivity contribution in [3.05, 3.63) is 29.8 Å². The second-order valence-corrected chi connectivity index (χ2v) is 2.19. The molecule has 12 heavy (non-hydrogen) atoms. The third kappa shape index (κ3) is 2.50. The van der Waals surface area contributed by atoms with Crippen LogP contribution in [0.1, 0.15) is 5.56 Å². The predicted molar refractivity (Wildman–Crippen MR) is 41.6 cm³/mol. The summed E-state index contributed by atoms with van der Waals surface area (Å²) >= 11 is 0. The summed E-state index contributed by atoms with van der Waals surface area (Å²) < 4.78 is 4.90. The van der Waals surface area contributed by atoms with Gasteiger partial charge in [-0.25, -0.2) is 5.26 Å². The number of hydrogen-bond acceptors (Lipinski definition) is 4. The van der Waals surface area contributed by atoms with Crippen molar-refractivity contribution in [3.63, 3.8) is 0 Å². The summed E-state index contributed by atoms with van der Waals surface area (Å²) in [7, 11) is 0. The first-order valence-corrected chi connectivity index (χ1v) is 3.46. The summed E-state index contributed by atoms with van der Waals surface area (Å²) in [5.41, 5.74) is 0.812. The van der Waals surface area contributed by atoms with Gasteiger partial charge in [0.2, 0.25) is 6.79 Å². The Morgan fingerprint density at radius 3 is 2.33 bits per heavy atom. The van der Waals surface area contributed by atoms with E-state index in [0.717, 1.165) is 5.56 Å². The molecule has 0 atom stereocenters. The van der Waals surface area contributed by atoms with Crippen LogP contribution in [0.3, 0.4) is 0 Å². The van der Waals surface area contributed by atoms with E-state index >= 15 is 0 Å². The van der Waals surface area contributed by atoms with E-state index in [9.17, 15) is 0 Å². The summed E-state index contributed by atoms with van der Waals surface area (Å²) in [6, 6.07) is 6.83. The molecule has 66 valence electrons. The molecule has 0 radical (unpaired) electrons. The Kier molecular flexibility index (Phi) is 3.53. The highest BCUT2D eigenvalue weighted by atomic mass is 17.1. The molecular weight excluding hydrogens is 160 g/mol. The normalized spacial score (nSPS) is 9.83. The lowest BCUT2D eigenvalue weighted by Crippen LogP contribution is -1.98. The molecule has 0 bridgehead atoms. The summed E-state index contributed by atoms with van der Waals surface area (Å²) in [5, 5.41) is 16.7. The summed E-state index contributed by atoms with van der Waals surface area (Å²) in [5.74, 6) is 0.584. The van der Waals surface area contributed by atoms with E-state index in [0.29, 0.717) is 5.75 Å². The first-order chi connectivity index (χ1) is 5.86. The Bertz CT molecular complexity index is 219. The molecule has 0 aliphatic rings. The molecule has 0 amide bonds. The smallest absolute Gasteiger partial charge is 0.220 e. The van der Waals surface area contributed by atoms with Crippen LogP contribution >= 0.6 is 0 Å². The lowest BCUT2D eigenvalue weighted by atomic mass is 10.2. The van der Waals surface area contributed by atoms with Crippen LogP contribution in [0, 0.1) is 0 Å². The van der Waals surface area contributed by atoms with Crippen molar-refractivity contribution in [2.24, 2.45) is 0 Å². The van der Waals surface area contributed by atoms with Crippen molar-refractivity contribution in [2.75, 3.05) is 6.79 Å². The number of aliphatic hydroxyl groups is 1. The number of benzene rings is 1. The van der Waals surface area contributed by atoms with Crippen LogP contribution in [0.15, 0.2) is 24.3 Å². The van der Waals surface area contributed by atoms with E-state index in [1.807, 2.05) is 0 Å². The Hall–Kier alpha value is -1.10. The maximum atomic E-state index is 8.70. The van der Waals surface area contributed by atoms with Gasteiger partial charge < -0.3 is 9.84 Å². The maximum Gasteiger partial charge on any atom is 0.220 e. The summed E-state index contributed by atoms with van der Waals surface area (Å²) in [6.45, 7) is -0.185. The first-order valence-electron chi connectivity index (χ1n) is 3.46. The van der Waals surface area contributed by atoms with Gasteiger partial charge in [-0.1, -0.05) is 12.1 Å². The van der Waals surface area contributed by atoms with Gasteiger partial charge in [-0.2, -0.15) is 4.89 Å². The van der Waals surface area contributed by atoms with Gasteiger partial charge in [0.25, 0.3) is 0 Å². The Morgan fingerprint density at radius 2 is 1.83 bits per heavy atom. The van der Waals surface area contributed by atoms with E-state index in [4.69, 9.17) is 15.1 Å². The highest BCUT2D eigenvalue weighted by Gasteiger charge is 1.93. The standard InChI is InChI=1S/C8H10O4/c9-5-7-1-3-8(4-2-7)11-6-12-10/h1-4,9-10H,5-6H2. The van der Waals surface area contributed by atoms with Crippen LogP contribution in [0.25, 0.3) is 0 Å². The topological polar surface area (TPSA) is 58.9 Å². The molecular formula is C8H10O4. The third-order valence-corrected chi connectivity index (χ3v) is 1.38. The van der Waals surface area contributed by atoms with E-state index in [1.54, 1.807) is 24.3 Å². The summed E-state index contributed by atoms with van der Waals surface area (Å²) in [6.07, 6.45) is 0. The minimum absolute atomic E-state index is 0.0107. The van der Waals surface area contributed by atoms with Crippen LogP contribution in [-0.2, 0) is 11.5 Å². The van der Waals surface area contributed by atoms with Gasteiger partial charge in [-0.3, -0.25) is 0 Å². The SMILES string of the molecule is OCc1ccc(OCOO)cc1. The zero-order valence-corrected chi connectivity index (χ0v) is 6.43. The fourth-order valence-electron chi connectivity index (χ4n) is 0.785. The third-order valence-electron chi connectivity index (χ3n) is 1.38. The van der Waals surface area contributed by atoms with E-state index in [1.165, 1.54) is 0 Å². The molecule has 0 unspecified atom stereocenters. The number of rotatable bonds is 4. The molecule has 4 nitrogen and oxygen atoms in total. The monoisotopic (exact) mass is 170 g/mol. The second-order valence-electron chi connectivity index (χ2n) is 2.19. The van der Waals surface area contributed by atoms with Gasteiger partial charge >= 0.3 is 0 Å². The number of hydrogen-bond donors (Lipinski definition) is 2. The molecule has 0 aromatic heterocycles. The van der Waals surface area contributed by atoms with Gasteiger partial charge in [0.15, 0.2) is 0 Å². The molecule has 4 heteroatoms. The molecule has 1 aromatic rings. The molecule has 0 fully saturated rings. The Balaban J connectivity index is 2.53. The second kappa shape index (κ2) is 4.71. The van der Waals surface area contributed by atoms with Crippen molar-refractivity contribution in [3.8, 4) is 5.75 Å². The van der Waals surface area contributed by atoms with Crippen molar-refractivity contribution in [1.29, 1.82) is 0 Å².